The summed E-state index contributed by atoms with van der Waals surface area (Å²) in [4.78, 5) is 46.1. The Morgan fingerprint density at radius 3 is 1.64 bits per heavy atom. The predicted molar refractivity (Wildman–Crippen MR) is 115 cm³/mol. The van der Waals surface area contributed by atoms with Gasteiger partial charge in [0.25, 0.3) is 0 Å². The second kappa shape index (κ2) is 13.3. The van der Waals surface area contributed by atoms with Crippen LogP contribution < -0.4 is 0 Å². The highest BCUT2D eigenvalue weighted by Gasteiger charge is 2.53. The minimum Gasteiger partial charge on any atom is -0.463 e. The van der Waals surface area contributed by atoms with Gasteiger partial charge in [0.15, 0.2) is 24.8 Å². The second-order valence-corrected chi connectivity index (χ2v) is 8.52. The van der Waals surface area contributed by atoms with Crippen LogP contribution in [0.5, 0.6) is 0 Å². The standard InChI is InChI=1S/C22H34O14/c1-9-14(7-30-10(2)23)34-22(19(16(9)27)32-12(4)25)36-18-15(8-31-11(3)24)35-21(29-6)20(17(18)28)33-13(5)26/h9,14-22,27-28H,7-8H2,1-6H3/t9-,14?,15+,16+,17?,18-,19+,20?,21?,22?/m1/s1. The first-order chi connectivity index (χ1) is 16.8. The number of hydrogen-bond donors (Lipinski definition) is 2. The number of methoxy groups -OCH3 is 1. The molecular weight excluding hydrogens is 488 g/mol. The van der Waals surface area contributed by atoms with Gasteiger partial charge in [-0.25, -0.2) is 0 Å². The fourth-order valence-corrected chi connectivity index (χ4v) is 3.93. The van der Waals surface area contributed by atoms with Gasteiger partial charge in [0.05, 0.1) is 0 Å². The molecule has 0 aliphatic carbocycles. The van der Waals surface area contributed by atoms with Crippen molar-refractivity contribution < 1.29 is 67.3 Å². The molecule has 0 spiro atoms. The predicted octanol–water partition coefficient (Wildman–Crippen LogP) is -1.18. The molecule has 0 radical (unpaired) electrons. The molecule has 0 bridgehead atoms. The van der Waals surface area contributed by atoms with Gasteiger partial charge in [-0.2, -0.15) is 0 Å². The lowest BCUT2D eigenvalue weighted by atomic mass is 9.90. The zero-order chi connectivity index (χ0) is 27.2. The van der Waals surface area contributed by atoms with E-state index in [0.717, 1.165) is 13.8 Å². The van der Waals surface area contributed by atoms with E-state index in [2.05, 4.69) is 0 Å². The molecule has 2 fully saturated rings. The maximum atomic E-state index is 11.7. The maximum absolute atomic E-state index is 11.7. The van der Waals surface area contributed by atoms with E-state index < -0.39 is 85.1 Å². The van der Waals surface area contributed by atoms with Gasteiger partial charge in [0.2, 0.25) is 0 Å². The smallest absolute Gasteiger partial charge is 0.303 e. The molecule has 2 N–H and O–H groups in total. The normalized spacial score (nSPS) is 36.4. The molecule has 0 aromatic heterocycles. The molecule has 0 amide bonds. The first kappa shape index (κ1) is 29.9. The summed E-state index contributed by atoms with van der Waals surface area (Å²) in [5.41, 5.74) is 0. The Bertz CT molecular complexity index is 783. The highest BCUT2D eigenvalue weighted by atomic mass is 16.8. The van der Waals surface area contributed by atoms with Gasteiger partial charge in [0.1, 0.15) is 43.7 Å². The lowest BCUT2D eigenvalue weighted by Crippen LogP contribution is -2.64. The summed E-state index contributed by atoms with van der Waals surface area (Å²) in [6.07, 6.45) is -11.7. The molecule has 10 atom stereocenters. The summed E-state index contributed by atoms with van der Waals surface area (Å²) in [6, 6.07) is 0. The number of ether oxygens (including phenoxy) is 8. The van der Waals surface area contributed by atoms with E-state index in [9.17, 15) is 29.4 Å². The fourth-order valence-electron chi connectivity index (χ4n) is 3.93. The molecule has 36 heavy (non-hydrogen) atoms. The van der Waals surface area contributed by atoms with Crippen molar-refractivity contribution in [1.82, 2.24) is 0 Å². The Kier molecular flexibility index (Phi) is 11.0. The molecule has 0 saturated carbocycles. The number of hydrogen-bond acceptors (Lipinski definition) is 14. The average Bonchev–Trinajstić information content (AvgIpc) is 2.78. The molecule has 206 valence electrons. The highest BCUT2D eigenvalue weighted by molar-refractivity contribution is 5.67. The lowest BCUT2D eigenvalue weighted by molar-refractivity contribution is -0.354. The molecule has 2 heterocycles. The number of carbonyl (C=O) groups excluding carboxylic acids is 4. The first-order valence-electron chi connectivity index (χ1n) is 11.3. The van der Waals surface area contributed by atoms with Crippen molar-refractivity contribution in [2.24, 2.45) is 5.92 Å². The second-order valence-electron chi connectivity index (χ2n) is 8.52. The van der Waals surface area contributed by atoms with Gasteiger partial charge < -0.3 is 48.1 Å². The molecule has 5 unspecified atom stereocenters. The Hall–Kier alpha value is -2.36. The highest BCUT2D eigenvalue weighted by Crippen LogP contribution is 2.33. The van der Waals surface area contributed by atoms with Crippen LogP contribution in [0, 0.1) is 5.92 Å². The van der Waals surface area contributed by atoms with Crippen molar-refractivity contribution in [3.63, 3.8) is 0 Å². The Labute approximate surface area is 208 Å². The summed E-state index contributed by atoms with van der Waals surface area (Å²) < 4.78 is 43.2. The van der Waals surface area contributed by atoms with Crippen LogP contribution in [-0.4, -0.2) is 110 Å². The number of aliphatic hydroxyl groups is 2. The molecule has 2 saturated heterocycles. The quantitative estimate of drug-likeness (QED) is 0.272. The minimum atomic E-state index is -1.59. The Morgan fingerprint density at radius 1 is 0.694 bits per heavy atom. The number of carbonyl (C=O) groups is 4. The van der Waals surface area contributed by atoms with E-state index in [1.165, 1.54) is 21.0 Å². The summed E-state index contributed by atoms with van der Waals surface area (Å²) in [5.74, 6) is -3.34. The van der Waals surface area contributed by atoms with E-state index in [4.69, 9.17) is 37.9 Å². The molecular formula is C22H34O14. The summed E-state index contributed by atoms with van der Waals surface area (Å²) >= 11 is 0. The lowest BCUT2D eigenvalue weighted by Gasteiger charge is -2.47. The number of aliphatic hydroxyl groups excluding tert-OH is 2. The van der Waals surface area contributed by atoms with Crippen molar-refractivity contribution >= 4 is 23.9 Å². The third-order valence-electron chi connectivity index (χ3n) is 5.69. The molecule has 2 aliphatic heterocycles. The van der Waals surface area contributed by atoms with Gasteiger partial charge in [-0.15, -0.1) is 0 Å². The van der Waals surface area contributed by atoms with Gasteiger partial charge in [0, 0.05) is 40.7 Å². The molecule has 14 heteroatoms. The monoisotopic (exact) mass is 522 g/mol. The van der Waals surface area contributed by atoms with Crippen LogP contribution in [-0.2, 0) is 57.1 Å². The van der Waals surface area contributed by atoms with Gasteiger partial charge in [-0.05, 0) is 0 Å². The van der Waals surface area contributed by atoms with Crippen molar-refractivity contribution in [2.45, 2.75) is 89.9 Å². The van der Waals surface area contributed by atoms with Crippen molar-refractivity contribution in [3.8, 4) is 0 Å². The zero-order valence-electron chi connectivity index (χ0n) is 21.0. The van der Waals surface area contributed by atoms with E-state index in [0.29, 0.717) is 0 Å². The van der Waals surface area contributed by atoms with Crippen LogP contribution >= 0.6 is 0 Å². The van der Waals surface area contributed by atoms with Gasteiger partial charge in [-0.3, -0.25) is 19.2 Å². The SMILES string of the molecule is COC1O[C@@H](COC(C)=O)[C@@H](OC2OC(COC(C)=O)[C@@H](C)[C@H](O)[C@@H]2OC(C)=O)C(O)C1OC(C)=O. The molecule has 0 aromatic rings. The van der Waals surface area contributed by atoms with Crippen LogP contribution in [0.15, 0.2) is 0 Å². The topological polar surface area (TPSA) is 183 Å². The third-order valence-corrected chi connectivity index (χ3v) is 5.69. The van der Waals surface area contributed by atoms with E-state index in [1.807, 2.05) is 0 Å². The van der Waals surface area contributed by atoms with Crippen molar-refractivity contribution in [2.75, 3.05) is 20.3 Å². The first-order valence-corrected chi connectivity index (χ1v) is 11.3. The van der Waals surface area contributed by atoms with Crippen LogP contribution in [0.1, 0.15) is 34.6 Å². The largest absolute Gasteiger partial charge is 0.463 e. The third kappa shape index (κ3) is 7.82. The Morgan fingerprint density at radius 2 is 1.17 bits per heavy atom. The fraction of sp³-hybridized carbons (Fsp3) is 0.818. The van der Waals surface area contributed by atoms with E-state index >= 15 is 0 Å². The summed E-state index contributed by atoms with van der Waals surface area (Å²) in [7, 11) is 1.26. The van der Waals surface area contributed by atoms with Crippen molar-refractivity contribution in [1.29, 1.82) is 0 Å². The minimum absolute atomic E-state index is 0.234. The van der Waals surface area contributed by atoms with Crippen LogP contribution in [0.25, 0.3) is 0 Å². The van der Waals surface area contributed by atoms with Gasteiger partial charge in [-0.1, -0.05) is 6.92 Å². The molecule has 14 nitrogen and oxygen atoms in total. The Balaban J connectivity index is 2.37. The summed E-state index contributed by atoms with van der Waals surface area (Å²) in [6.45, 7) is 5.61. The maximum Gasteiger partial charge on any atom is 0.303 e. The zero-order valence-corrected chi connectivity index (χ0v) is 21.0. The number of esters is 4. The van der Waals surface area contributed by atoms with Crippen LogP contribution in [0.4, 0.5) is 0 Å². The van der Waals surface area contributed by atoms with E-state index in [1.54, 1.807) is 6.92 Å². The van der Waals surface area contributed by atoms with E-state index in [-0.39, 0.29) is 13.2 Å². The molecule has 2 rings (SSSR count). The average molecular weight is 523 g/mol. The molecule has 2 aliphatic rings. The summed E-state index contributed by atoms with van der Waals surface area (Å²) in [5, 5.41) is 21.9. The molecule has 0 aromatic carbocycles. The number of rotatable bonds is 9. The van der Waals surface area contributed by atoms with Crippen LogP contribution in [0.2, 0.25) is 0 Å². The van der Waals surface area contributed by atoms with Gasteiger partial charge >= 0.3 is 23.9 Å². The van der Waals surface area contributed by atoms with Crippen molar-refractivity contribution in [3.05, 3.63) is 0 Å². The van der Waals surface area contributed by atoms with Crippen LogP contribution in [0.3, 0.4) is 0 Å².